The lowest BCUT2D eigenvalue weighted by Gasteiger charge is -1.99. The zero-order valence-electron chi connectivity index (χ0n) is 9.89. The van der Waals surface area contributed by atoms with Gasteiger partial charge >= 0.3 is 0 Å². The average molecular weight is 241 g/mol. The van der Waals surface area contributed by atoms with Crippen molar-refractivity contribution in [3.8, 4) is 0 Å². The van der Waals surface area contributed by atoms with E-state index in [4.69, 9.17) is 5.73 Å². The Labute approximate surface area is 106 Å². The van der Waals surface area contributed by atoms with Gasteiger partial charge in [-0.25, -0.2) is 0 Å². The quantitative estimate of drug-likeness (QED) is 0.565. The van der Waals surface area contributed by atoms with Crippen LogP contribution < -0.4 is 11.1 Å². The minimum atomic E-state index is -0.118. The summed E-state index contributed by atoms with van der Waals surface area (Å²) in [6.07, 6.45) is 6.94. The second-order valence-electron chi connectivity index (χ2n) is 3.94. The molecule has 0 radical (unpaired) electrons. The molecule has 2 aromatic rings. The molecule has 0 bridgehead atoms. The maximum absolute atomic E-state index is 11.5. The Balaban J connectivity index is 1.85. The van der Waals surface area contributed by atoms with Crippen molar-refractivity contribution >= 4 is 17.7 Å². The molecule has 0 aliphatic carbocycles. The highest BCUT2D eigenvalue weighted by molar-refractivity contribution is 5.91. The zero-order chi connectivity index (χ0) is 12.8. The summed E-state index contributed by atoms with van der Waals surface area (Å²) in [5, 5.41) is 2.80. The second kappa shape index (κ2) is 5.72. The van der Waals surface area contributed by atoms with Crippen molar-refractivity contribution in [1.29, 1.82) is 0 Å². The number of hydrogen-bond acceptors (Lipinski definition) is 2. The number of H-pyrrole nitrogens is 1. The van der Waals surface area contributed by atoms with Gasteiger partial charge in [-0.15, -0.1) is 0 Å². The fourth-order valence-corrected chi connectivity index (χ4v) is 1.50. The molecule has 0 aliphatic rings. The predicted octanol–water partition coefficient (Wildman–Crippen LogP) is 1.93. The fraction of sp³-hybridized carbons (Fsp3) is 0.0714. The Bertz CT molecular complexity index is 527. The molecular formula is C14H15N3O. The van der Waals surface area contributed by atoms with Crippen LogP contribution in [0.4, 0.5) is 5.69 Å². The lowest BCUT2D eigenvalue weighted by atomic mass is 10.2. The molecule has 2 rings (SSSR count). The molecule has 0 fully saturated rings. The summed E-state index contributed by atoms with van der Waals surface area (Å²) < 4.78 is 0. The molecule has 4 N–H and O–H groups in total. The molecule has 0 saturated carbocycles. The highest BCUT2D eigenvalue weighted by Gasteiger charge is 1.96. The van der Waals surface area contributed by atoms with Gasteiger partial charge in [0.15, 0.2) is 0 Å². The van der Waals surface area contributed by atoms with Crippen LogP contribution in [0.1, 0.15) is 11.1 Å². The number of nitrogens with one attached hydrogen (secondary N) is 2. The first-order valence-corrected chi connectivity index (χ1v) is 5.67. The molecule has 0 spiro atoms. The standard InChI is InChI=1S/C14H15N3O/c15-13-4-1-11(2-5-13)3-6-14(18)17-10-12-7-8-16-9-12/h1-9,16H,10,15H2,(H,17,18)/b6-3+. The molecule has 1 aromatic heterocycles. The largest absolute Gasteiger partial charge is 0.399 e. The van der Waals surface area contributed by atoms with Crippen molar-refractivity contribution in [1.82, 2.24) is 10.3 Å². The number of aromatic nitrogens is 1. The predicted molar refractivity (Wildman–Crippen MR) is 72.5 cm³/mol. The van der Waals surface area contributed by atoms with Gasteiger partial charge in [0.05, 0.1) is 0 Å². The molecule has 92 valence electrons. The van der Waals surface area contributed by atoms with Crippen LogP contribution in [0.3, 0.4) is 0 Å². The molecule has 0 aliphatic heterocycles. The van der Waals surface area contributed by atoms with Crippen LogP contribution in [0, 0.1) is 0 Å². The van der Waals surface area contributed by atoms with E-state index in [0.29, 0.717) is 12.2 Å². The van der Waals surface area contributed by atoms with Gasteiger partial charge in [0.1, 0.15) is 0 Å². The smallest absolute Gasteiger partial charge is 0.244 e. The van der Waals surface area contributed by atoms with Crippen LogP contribution in [0.25, 0.3) is 6.08 Å². The number of aromatic amines is 1. The van der Waals surface area contributed by atoms with Gasteiger partial charge in [-0.05, 0) is 35.4 Å². The lowest BCUT2D eigenvalue weighted by Crippen LogP contribution is -2.19. The molecule has 0 unspecified atom stereocenters. The lowest BCUT2D eigenvalue weighted by molar-refractivity contribution is -0.116. The molecule has 1 amide bonds. The van der Waals surface area contributed by atoms with Crippen LogP contribution in [0.15, 0.2) is 48.8 Å². The summed E-state index contributed by atoms with van der Waals surface area (Å²) in [5.41, 5.74) is 8.28. The minimum Gasteiger partial charge on any atom is -0.399 e. The highest BCUT2D eigenvalue weighted by atomic mass is 16.1. The maximum Gasteiger partial charge on any atom is 0.244 e. The van der Waals surface area contributed by atoms with Crippen molar-refractivity contribution in [3.63, 3.8) is 0 Å². The van der Waals surface area contributed by atoms with Gasteiger partial charge in [-0.1, -0.05) is 12.1 Å². The maximum atomic E-state index is 11.5. The summed E-state index contributed by atoms with van der Waals surface area (Å²) in [7, 11) is 0. The van der Waals surface area contributed by atoms with Crippen molar-refractivity contribution in [2.45, 2.75) is 6.54 Å². The minimum absolute atomic E-state index is 0.118. The van der Waals surface area contributed by atoms with E-state index >= 15 is 0 Å². The number of rotatable bonds is 4. The van der Waals surface area contributed by atoms with Crippen LogP contribution in [-0.4, -0.2) is 10.9 Å². The average Bonchev–Trinajstić information content (AvgIpc) is 2.89. The summed E-state index contributed by atoms with van der Waals surface area (Å²) >= 11 is 0. The number of nitrogens with two attached hydrogens (primary N) is 1. The molecule has 1 heterocycles. The van der Waals surface area contributed by atoms with E-state index in [1.54, 1.807) is 18.2 Å². The Morgan fingerprint density at radius 1 is 1.28 bits per heavy atom. The van der Waals surface area contributed by atoms with Crippen molar-refractivity contribution in [2.75, 3.05) is 5.73 Å². The monoisotopic (exact) mass is 241 g/mol. The van der Waals surface area contributed by atoms with Gasteiger partial charge in [0.25, 0.3) is 0 Å². The van der Waals surface area contributed by atoms with E-state index < -0.39 is 0 Å². The molecule has 0 saturated heterocycles. The fourth-order valence-electron chi connectivity index (χ4n) is 1.50. The number of hydrogen-bond donors (Lipinski definition) is 3. The first-order chi connectivity index (χ1) is 8.74. The summed E-state index contributed by atoms with van der Waals surface area (Å²) in [5.74, 6) is -0.118. The van der Waals surface area contributed by atoms with Gasteiger partial charge < -0.3 is 16.0 Å². The third-order valence-electron chi connectivity index (χ3n) is 2.49. The van der Waals surface area contributed by atoms with E-state index in [2.05, 4.69) is 10.3 Å². The highest BCUT2D eigenvalue weighted by Crippen LogP contribution is 2.06. The van der Waals surface area contributed by atoms with E-state index in [1.807, 2.05) is 30.6 Å². The number of carbonyl (C=O) groups excluding carboxylic acids is 1. The topological polar surface area (TPSA) is 70.9 Å². The van der Waals surface area contributed by atoms with E-state index in [0.717, 1.165) is 11.1 Å². The zero-order valence-corrected chi connectivity index (χ0v) is 9.89. The Morgan fingerprint density at radius 3 is 2.72 bits per heavy atom. The van der Waals surface area contributed by atoms with Crippen LogP contribution in [-0.2, 0) is 11.3 Å². The van der Waals surface area contributed by atoms with Gasteiger partial charge in [-0.3, -0.25) is 4.79 Å². The van der Waals surface area contributed by atoms with Crippen molar-refractivity contribution in [3.05, 3.63) is 59.9 Å². The number of anilines is 1. The number of amides is 1. The van der Waals surface area contributed by atoms with Gasteiger partial charge in [-0.2, -0.15) is 0 Å². The molecule has 1 aromatic carbocycles. The Morgan fingerprint density at radius 2 is 2.06 bits per heavy atom. The summed E-state index contributed by atoms with van der Waals surface area (Å²) in [6, 6.07) is 9.26. The number of benzene rings is 1. The van der Waals surface area contributed by atoms with E-state index in [1.165, 1.54) is 6.08 Å². The van der Waals surface area contributed by atoms with Gasteiger partial charge in [0.2, 0.25) is 5.91 Å². The number of carbonyl (C=O) groups is 1. The first kappa shape index (κ1) is 12.0. The first-order valence-electron chi connectivity index (χ1n) is 5.67. The normalized spacial score (nSPS) is 10.7. The second-order valence-corrected chi connectivity index (χ2v) is 3.94. The number of nitrogen functional groups attached to an aromatic ring is 1. The molecule has 0 atom stereocenters. The molecule has 4 nitrogen and oxygen atoms in total. The van der Waals surface area contributed by atoms with Crippen LogP contribution in [0.5, 0.6) is 0 Å². The Kier molecular flexibility index (Phi) is 3.81. The third kappa shape index (κ3) is 3.52. The molecule has 4 heteroatoms. The molecular weight excluding hydrogens is 226 g/mol. The van der Waals surface area contributed by atoms with Gasteiger partial charge in [0, 0.05) is 30.7 Å². The summed E-state index contributed by atoms with van der Waals surface area (Å²) in [4.78, 5) is 14.5. The SMILES string of the molecule is Nc1ccc(/C=C/C(=O)NCc2cc[nH]c2)cc1. The van der Waals surface area contributed by atoms with Crippen LogP contribution >= 0.6 is 0 Å². The third-order valence-corrected chi connectivity index (χ3v) is 2.49. The summed E-state index contributed by atoms with van der Waals surface area (Å²) in [6.45, 7) is 0.522. The van der Waals surface area contributed by atoms with E-state index in [9.17, 15) is 4.79 Å². The molecule has 18 heavy (non-hydrogen) atoms. The van der Waals surface area contributed by atoms with Crippen molar-refractivity contribution in [2.24, 2.45) is 0 Å². The Hall–Kier alpha value is -2.49. The van der Waals surface area contributed by atoms with Crippen LogP contribution in [0.2, 0.25) is 0 Å². The van der Waals surface area contributed by atoms with Crippen molar-refractivity contribution < 1.29 is 4.79 Å². The van der Waals surface area contributed by atoms with E-state index in [-0.39, 0.29) is 5.91 Å².